The third kappa shape index (κ3) is 6.90. The Balaban J connectivity index is 0.00000400. The number of rotatable bonds is 7. The van der Waals surface area contributed by atoms with Gasteiger partial charge in [-0.3, -0.25) is 4.79 Å². The maximum absolute atomic E-state index is 11.9. The summed E-state index contributed by atoms with van der Waals surface area (Å²) in [7, 11) is -1.98. The van der Waals surface area contributed by atoms with E-state index in [4.69, 9.17) is 0 Å². The maximum Gasteiger partial charge on any atom is 0.239 e. The lowest BCUT2D eigenvalue weighted by Crippen LogP contribution is -2.34. The van der Waals surface area contributed by atoms with E-state index in [1.165, 1.54) is 7.05 Å². The molecule has 0 saturated heterocycles. The molecule has 0 fully saturated rings. The standard InChI is InChI=1S/C13H21N3O3S.ClH/c1-4-14-9-11-7-5-6-8-12(11)15-13(17)10-16(2)20(3,18)19;/h5-8,14H,4,9-10H2,1-3H3,(H,15,17);1H. The van der Waals surface area contributed by atoms with Gasteiger partial charge in [-0.1, -0.05) is 25.1 Å². The summed E-state index contributed by atoms with van der Waals surface area (Å²) in [6, 6.07) is 7.43. The Morgan fingerprint density at radius 3 is 2.48 bits per heavy atom. The van der Waals surface area contributed by atoms with Gasteiger partial charge in [-0.2, -0.15) is 4.31 Å². The van der Waals surface area contributed by atoms with Gasteiger partial charge < -0.3 is 10.6 Å². The molecule has 0 unspecified atom stereocenters. The molecule has 0 aliphatic heterocycles. The van der Waals surface area contributed by atoms with E-state index in [0.717, 1.165) is 22.7 Å². The predicted octanol–water partition coefficient (Wildman–Crippen LogP) is 1.05. The summed E-state index contributed by atoms with van der Waals surface area (Å²) in [4.78, 5) is 11.9. The monoisotopic (exact) mass is 335 g/mol. The molecule has 0 saturated carbocycles. The fourth-order valence-corrected chi connectivity index (χ4v) is 1.92. The minimum atomic E-state index is -3.35. The second-order valence-electron chi connectivity index (χ2n) is 4.50. The molecule has 1 rings (SSSR count). The lowest BCUT2D eigenvalue weighted by Gasteiger charge is -2.15. The Kier molecular flexibility index (Phi) is 8.50. The summed E-state index contributed by atoms with van der Waals surface area (Å²) >= 11 is 0. The van der Waals surface area contributed by atoms with Crippen molar-refractivity contribution in [3.63, 3.8) is 0 Å². The smallest absolute Gasteiger partial charge is 0.239 e. The number of anilines is 1. The van der Waals surface area contributed by atoms with E-state index >= 15 is 0 Å². The van der Waals surface area contributed by atoms with Gasteiger partial charge in [-0.05, 0) is 18.2 Å². The molecular weight excluding hydrogens is 314 g/mol. The Bertz CT molecular complexity index is 564. The van der Waals surface area contributed by atoms with Gasteiger partial charge in [0.25, 0.3) is 0 Å². The molecule has 120 valence electrons. The Morgan fingerprint density at radius 1 is 1.29 bits per heavy atom. The largest absolute Gasteiger partial charge is 0.325 e. The molecule has 6 nitrogen and oxygen atoms in total. The highest BCUT2D eigenvalue weighted by atomic mass is 35.5. The number of carbonyl (C=O) groups is 1. The van der Waals surface area contributed by atoms with Crippen LogP contribution in [-0.4, -0.2) is 45.0 Å². The first-order valence-corrected chi connectivity index (χ1v) is 8.19. The van der Waals surface area contributed by atoms with E-state index in [2.05, 4.69) is 10.6 Å². The van der Waals surface area contributed by atoms with Gasteiger partial charge in [0.05, 0.1) is 12.8 Å². The summed E-state index contributed by atoms with van der Waals surface area (Å²) in [5.41, 5.74) is 1.66. The molecule has 8 heteroatoms. The second kappa shape index (κ2) is 8.99. The zero-order valence-corrected chi connectivity index (χ0v) is 14.1. The molecule has 0 atom stereocenters. The highest BCUT2D eigenvalue weighted by Gasteiger charge is 2.15. The molecule has 0 bridgehead atoms. The number of hydrogen-bond donors (Lipinski definition) is 2. The van der Waals surface area contributed by atoms with E-state index in [0.29, 0.717) is 12.2 Å². The lowest BCUT2D eigenvalue weighted by molar-refractivity contribution is -0.116. The summed E-state index contributed by atoms with van der Waals surface area (Å²) in [6.45, 7) is 3.28. The quantitative estimate of drug-likeness (QED) is 0.780. The molecule has 0 spiro atoms. The number of hydrogen-bond acceptors (Lipinski definition) is 4. The minimum absolute atomic E-state index is 0. The number of sulfonamides is 1. The number of para-hydroxylation sites is 1. The van der Waals surface area contributed by atoms with Crippen LogP contribution >= 0.6 is 12.4 Å². The third-order valence-corrected chi connectivity index (χ3v) is 4.05. The van der Waals surface area contributed by atoms with Crippen LogP contribution in [0.3, 0.4) is 0 Å². The van der Waals surface area contributed by atoms with Crippen LogP contribution in [0.5, 0.6) is 0 Å². The van der Waals surface area contributed by atoms with Gasteiger partial charge in [-0.25, -0.2) is 8.42 Å². The molecule has 0 aliphatic carbocycles. The minimum Gasteiger partial charge on any atom is -0.325 e. The molecule has 1 amide bonds. The van der Waals surface area contributed by atoms with Crippen LogP contribution < -0.4 is 10.6 Å². The number of likely N-dealkylation sites (N-methyl/N-ethyl adjacent to an activating group) is 1. The zero-order chi connectivity index (χ0) is 15.2. The lowest BCUT2D eigenvalue weighted by atomic mass is 10.1. The van der Waals surface area contributed by atoms with Crippen LogP contribution in [-0.2, 0) is 21.4 Å². The van der Waals surface area contributed by atoms with Crippen molar-refractivity contribution < 1.29 is 13.2 Å². The first kappa shape index (κ1) is 19.9. The molecule has 0 heterocycles. The van der Waals surface area contributed by atoms with Crippen molar-refractivity contribution >= 4 is 34.0 Å². The molecule has 0 radical (unpaired) electrons. The van der Waals surface area contributed by atoms with Gasteiger partial charge in [-0.15, -0.1) is 12.4 Å². The molecule has 1 aromatic rings. The molecule has 1 aromatic carbocycles. The molecule has 0 aromatic heterocycles. The average Bonchev–Trinajstić information content (AvgIpc) is 2.36. The number of nitrogens with one attached hydrogen (secondary N) is 2. The highest BCUT2D eigenvalue weighted by molar-refractivity contribution is 7.88. The first-order chi connectivity index (χ1) is 9.34. The van der Waals surface area contributed by atoms with E-state index in [1.54, 1.807) is 6.07 Å². The van der Waals surface area contributed by atoms with Crippen molar-refractivity contribution in [2.75, 3.05) is 31.7 Å². The number of benzene rings is 1. The van der Waals surface area contributed by atoms with E-state index < -0.39 is 10.0 Å². The van der Waals surface area contributed by atoms with Crippen molar-refractivity contribution in [2.24, 2.45) is 0 Å². The fourth-order valence-electron chi connectivity index (χ4n) is 1.57. The Labute approximate surface area is 132 Å². The van der Waals surface area contributed by atoms with Crippen molar-refractivity contribution in [1.82, 2.24) is 9.62 Å². The molecule has 2 N–H and O–H groups in total. The number of carbonyl (C=O) groups excluding carboxylic acids is 1. The van der Waals surface area contributed by atoms with Crippen molar-refractivity contribution in [3.05, 3.63) is 29.8 Å². The van der Waals surface area contributed by atoms with Gasteiger partial charge in [0.15, 0.2) is 0 Å². The van der Waals surface area contributed by atoms with Crippen molar-refractivity contribution in [1.29, 1.82) is 0 Å². The van der Waals surface area contributed by atoms with Gasteiger partial charge in [0.1, 0.15) is 0 Å². The van der Waals surface area contributed by atoms with Crippen molar-refractivity contribution in [3.8, 4) is 0 Å². The first-order valence-electron chi connectivity index (χ1n) is 6.34. The SMILES string of the molecule is CCNCc1ccccc1NC(=O)CN(C)S(C)(=O)=O.Cl. The van der Waals surface area contributed by atoms with Crippen LogP contribution in [0.1, 0.15) is 12.5 Å². The van der Waals surface area contributed by atoms with E-state index in [-0.39, 0.29) is 24.9 Å². The van der Waals surface area contributed by atoms with Crippen molar-refractivity contribution in [2.45, 2.75) is 13.5 Å². The van der Waals surface area contributed by atoms with Gasteiger partial charge >= 0.3 is 0 Å². The van der Waals surface area contributed by atoms with Gasteiger partial charge in [0.2, 0.25) is 15.9 Å². The number of nitrogens with zero attached hydrogens (tertiary/aromatic N) is 1. The van der Waals surface area contributed by atoms with Gasteiger partial charge in [0, 0.05) is 19.3 Å². The van der Waals surface area contributed by atoms with Crippen LogP contribution in [0.2, 0.25) is 0 Å². The molecular formula is C13H22ClN3O3S. The topological polar surface area (TPSA) is 78.5 Å². The number of amides is 1. The fraction of sp³-hybridized carbons (Fsp3) is 0.462. The van der Waals surface area contributed by atoms with Crippen LogP contribution in [0.15, 0.2) is 24.3 Å². The third-order valence-electron chi connectivity index (χ3n) is 2.79. The summed E-state index contributed by atoms with van der Waals surface area (Å²) in [5, 5.41) is 5.92. The summed E-state index contributed by atoms with van der Waals surface area (Å²) in [5.74, 6) is -0.359. The highest BCUT2D eigenvalue weighted by Crippen LogP contribution is 2.14. The normalized spacial score (nSPS) is 11.0. The summed E-state index contributed by atoms with van der Waals surface area (Å²) < 4.78 is 23.5. The average molecular weight is 336 g/mol. The Morgan fingerprint density at radius 2 is 1.90 bits per heavy atom. The number of halogens is 1. The zero-order valence-electron chi connectivity index (χ0n) is 12.4. The summed E-state index contributed by atoms with van der Waals surface area (Å²) in [6.07, 6.45) is 1.07. The van der Waals surface area contributed by atoms with E-state index in [9.17, 15) is 13.2 Å². The maximum atomic E-state index is 11.9. The molecule has 21 heavy (non-hydrogen) atoms. The van der Waals surface area contributed by atoms with E-state index in [1.807, 2.05) is 25.1 Å². The second-order valence-corrected chi connectivity index (χ2v) is 6.59. The molecule has 0 aliphatic rings. The van der Waals surface area contributed by atoms with Crippen LogP contribution in [0.25, 0.3) is 0 Å². The van der Waals surface area contributed by atoms with Crippen LogP contribution in [0, 0.1) is 0 Å². The Hall–Kier alpha value is -1.15. The van der Waals surface area contributed by atoms with Crippen LogP contribution in [0.4, 0.5) is 5.69 Å². The predicted molar refractivity (Wildman–Crippen MR) is 87.2 cm³/mol.